The van der Waals surface area contributed by atoms with Crippen LogP contribution in [-0.2, 0) is 5.41 Å². The van der Waals surface area contributed by atoms with Gasteiger partial charge in [0.15, 0.2) is 5.82 Å². The van der Waals surface area contributed by atoms with Crippen molar-refractivity contribution in [3.63, 3.8) is 0 Å². The molecule has 5 heteroatoms. The maximum absolute atomic E-state index is 13.6. The van der Waals surface area contributed by atoms with Crippen molar-refractivity contribution in [3.05, 3.63) is 17.8 Å². The summed E-state index contributed by atoms with van der Waals surface area (Å²) in [4.78, 5) is 1.91. The Balaban J connectivity index is 2.11. The Labute approximate surface area is 107 Å². The van der Waals surface area contributed by atoms with E-state index in [4.69, 9.17) is 5.73 Å². The Bertz CT molecular complexity index is 398. The highest BCUT2D eigenvalue weighted by atomic mass is 19.1. The number of alkyl halides is 1. The lowest BCUT2D eigenvalue weighted by Crippen LogP contribution is -2.49. The Hall–Kier alpha value is -1.23. The van der Waals surface area contributed by atoms with Gasteiger partial charge >= 0.3 is 0 Å². The number of anilines is 1. The standard InChI is InChI=1S/C13H21FN4/c1-13(2,3)11-4-5-12(17-16-11)18-7-6-10(15)9(14)8-18/h4-5,9-10H,6-8,15H2,1-3H3/t9-,10-/m1/s1. The molecule has 100 valence electrons. The molecule has 2 atom stereocenters. The van der Waals surface area contributed by atoms with Crippen LogP contribution in [0.2, 0.25) is 0 Å². The Morgan fingerprint density at radius 2 is 2.06 bits per heavy atom. The molecule has 1 aliphatic heterocycles. The molecule has 0 aromatic carbocycles. The van der Waals surface area contributed by atoms with Crippen molar-refractivity contribution in [2.24, 2.45) is 5.73 Å². The predicted molar refractivity (Wildman–Crippen MR) is 70.4 cm³/mol. The third-order valence-corrected chi connectivity index (χ3v) is 3.33. The van der Waals surface area contributed by atoms with Crippen LogP contribution >= 0.6 is 0 Å². The molecule has 0 amide bonds. The van der Waals surface area contributed by atoms with Crippen molar-refractivity contribution in [3.8, 4) is 0 Å². The maximum Gasteiger partial charge on any atom is 0.151 e. The molecule has 2 rings (SSSR count). The molecule has 0 radical (unpaired) electrons. The average molecular weight is 252 g/mol. The first-order valence-electron chi connectivity index (χ1n) is 6.37. The number of piperidine rings is 1. The van der Waals surface area contributed by atoms with Crippen LogP contribution in [0, 0.1) is 0 Å². The van der Waals surface area contributed by atoms with Gasteiger partial charge in [0.05, 0.1) is 12.2 Å². The second kappa shape index (κ2) is 4.80. The van der Waals surface area contributed by atoms with Crippen LogP contribution in [0.25, 0.3) is 0 Å². The molecule has 1 saturated heterocycles. The molecule has 1 aromatic rings. The summed E-state index contributed by atoms with van der Waals surface area (Å²) in [5.74, 6) is 0.734. The van der Waals surface area contributed by atoms with E-state index in [2.05, 4.69) is 31.0 Å². The van der Waals surface area contributed by atoms with Gasteiger partial charge < -0.3 is 10.6 Å². The fourth-order valence-electron chi connectivity index (χ4n) is 2.02. The highest BCUT2D eigenvalue weighted by Gasteiger charge is 2.27. The first kappa shape index (κ1) is 13.2. The van der Waals surface area contributed by atoms with Gasteiger partial charge in [0.2, 0.25) is 0 Å². The fourth-order valence-corrected chi connectivity index (χ4v) is 2.02. The summed E-state index contributed by atoms with van der Waals surface area (Å²) >= 11 is 0. The van der Waals surface area contributed by atoms with Crippen LogP contribution in [0.3, 0.4) is 0 Å². The largest absolute Gasteiger partial charge is 0.352 e. The lowest BCUT2D eigenvalue weighted by Gasteiger charge is -2.33. The van der Waals surface area contributed by atoms with Crippen molar-refractivity contribution < 1.29 is 4.39 Å². The summed E-state index contributed by atoms with van der Waals surface area (Å²) in [6.45, 7) is 7.33. The van der Waals surface area contributed by atoms with Crippen LogP contribution in [0.15, 0.2) is 12.1 Å². The number of hydrogen-bond donors (Lipinski definition) is 1. The number of rotatable bonds is 1. The van der Waals surface area contributed by atoms with E-state index in [-0.39, 0.29) is 11.5 Å². The topological polar surface area (TPSA) is 55.0 Å². The number of halogens is 1. The Morgan fingerprint density at radius 3 is 2.56 bits per heavy atom. The monoisotopic (exact) mass is 252 g/mol. The van der Waals surface area contributed by atoms with Crippen molar-refractivity contribution in [2.45, 2.75) is 44.8 Å². The summed E-state index contributed by atoms with van der Waals surface area (Å²) in [6.07, 6.45) is -0.327. The van der Waals surface area contributed by atoms with Crippen molar-refractivity contribution in [1.29, 1.82) is 0 Å². The number of nitrogens with zero attached hydrogens (tertiary/aromatic N) is 3. The molecule has 0 saturated carbocycles. The van der Waals surface area contributed by atoms with Gasteiger partial charge in [-0.05, 0) is 18.6 Å². The molecule has 2 heterocycles. The highest BCUT2D eigenvalue weighted by Crippen LogP contribution is 2.22. The lowest BCUT2D eigenvalue weighted by molar-refractivity contribution is 0.250. The van der Waals surface area contributed by atoms with Gasteiger partial charge in [0.25, 0.3) is 0 Å². The van der Waals surface area contributed by atoms with Crippen molar-refractivity contribution >= 4 is 5.82 Å². The predicted octanol–water partition coefficient (Wildman–Crippen LogP) is 1.65. The summed E-state index contributed by atoms with van der Waals surface area (Å²) in [5, 5.41) is 8.42. The van der Waals surface area contributed by atoms with Crippen LogP contribution in [-0.4, -0.2) is 35.5 Å². The molecule has 18 heavy (non-hydrogen) atoms. The minimum atomic E-state index is -0.983. The maximum atomic E-state index is 13.6. The minimum absolute atomic E-state index is 0.0155. The highest BCUT2D eigenvalue weighted by molar-refractivity contribution is 5.39. The molecule has 0 bridgehead atoms. The quantitative estimate of drug-likeness (QED) is 0.825. The zero-order valence-corrected chi connectivity index (χ0v) is 11.2. The average Bonchev–Trinajstić information content (AvgIpc) is 2.32. The first-order valence-corrected chi connectivity index (χ1v) is 6.37. The first-order chi connectivity index (χ1) is 8.38. The van der Waals surface area contributed by atoms with Crippen LogP contribution in [0.4, 0.5) is 10.2 Å². The van der Waals surface area contributed by atoms with E-state index >= 15 is 0 Å². The van der Waals surface area contributed by atoms with E-state index in [1.165, 1.54) is 0 Å². The van der Waals surface area contributed by atoms with Gasteiger partial charge in [0, 0.05) is 18.0 Å². The molecule has 1 aromatic heterocycles. The van der Waals surface area contributed by atoms with Crippen LogP contribution < -0.4 is 10.6 Å². The van der Waals surface area contributed by atoms with E-state index in [1.54, 1.807) is 0 Å². The fraction of sp³-hybridized carbons (Fsp3) is 0.692. The Morgan fingerprint density at radius 1 is 1.33 bits per heavy atom. The van der Waals surface area contributed by atoms with E-state index in [0.717, 1.165) is 18.1 Å². The third-order valence-electron chi connectivity index (χ3n) is 3.33. The summed E-state index contributed by atoms with van der Waals surface area (Å²) in [7, 11) is 0. The zero-order chi connectivity index (χ0) is 13.3. The van der Waals surface area contributed by atoms with E-state index in [9.17, 15) is 4.39 Å². The van der Waals surface area contributed by atoms with Crippen molar-refractivity contribution in [2.75, 3.05) is 18.0 Å². The molecule has 0 spiro atoms. The van der Waals surface area contributed by atoms with Gasteiger partial charge in [-0.15, -0.1) is 5.10 Å². The van der Waals surface area contributed by atoms with E-state index in [0.29, 0.717) is 13.0 Å². The zero-order valence-electron chi connectivity index (χ0n) is 11.2. The molecule has 0 unspecified atom stereocenters. The molecular weight excluding hydrogens is 231 g/mol. The molecule has 1 aliphatic rings. The second-order valence-electron chi connectivity index (χ2n) is 5.94. The minimum Gasteiger partial charge on any atom is -0.352 e. The normalized spacial score (nSPS) is 25.3. The van der Waals surface area contributed by atoms with E-state index in [1.807, 2.05) is 17.0 Å². The summed E-state index contributed by atoms with van der Waals surface area (Å²) in [6, 6.07) is 3.53. The Kier molecular flexibility index (Phi) is 3.52. The van der Waals surface area contributed by atoms with Crippen LogP contribution in [0.5, 0.6) is 0 Å². The molecule has 4 nitrogen and oxygen atoms in total. The smallest absolute Gasteiger partial charge is 0.151 e. The summed E-state index contributed by atoms with van der Waals surface area (Å²) < 4.78 is 13.6. The lowest BCUT2D eigenvalue weighted by atomic mass is 9.92. The second-order valence-corrected chi connectivity index (χ2v) is 5.94. The van der Waals surface area contributed by atoms with Crippen LogP contribution in [0.1, 0.15) is 32.9 Å². The van der Waals surface area contributed by atoms with Gasteiger partial charge in [-0.1, -0.05) is 20.8 Å². The van der Waals surface area contributed by atoms with Gasteiger partial charge in [-0.2, -0.15) is 5.10 Å². The van der Waals surface area contributed by atoms with Gasteiger partial charge in [0.1, 0.15) is 6.17 Å². The molecule has 0 aliphatic carbocycles. The molecule has 1 fully saturated rings. The molecule has 2 N–H and O–H groups in total. The van der Waals surface area contributed by atoms with E-state index < -0.39 is 6.17 Å². The third kappa shape index (κ3) is 2.77. The number of hydrogen-bond acceptors (Lipinski definition) is 4. The number of nitrogens with two attached hydrogens (primary N) is 1. The SMILES string of the molecule is CC(C)(C)c1ccc(N2CC[C@@H](N)[C@H](F)C2)nn1. The molecular formula is C13H21FN4. The van der Waals surface area contributed by atoms with Gasteiger partial charge in [-0.25, -0.2) is 4.39 Å². The van der Waals surface area contributed by atoms with Gasteiger partial charge in [-0.3, -0.25) is 0 Å². The van der Waals surface area contributed by atoms with Crippen molar-refractivity contribution in [1.82, 2.24) is 10.2 Å². The summed E-state index contributed by atoms with van der Waals surface area (Å²) in [5.41, 5.74) is 6.59. The number of aromatic nitrogens is 2.